The van der Waals surface area contributed by atoms with Crippen molar-refractivity contribution in [2.24, 2.45) is 0 Å². The van der Waals surface area contributed by atoms with E-state index < -0.39 is 10.0 Å². The molecule has 140 valence electrons. The predicted molar refractivity (Wildman–Crippen MR) is 102 cm³/mol. The Kier molecular flexibility index (Phi) is 6.39. The third kappa shape index (κ3) is 4.83. The third-order valence-electron chi connectivity index (χ3n) is 3.95. The van der Waals surface area contributed by atoms with Crippen molar-refractivity contribution in [1.29, 1.82) is 0 Å². The molecule has 2 aromatic rings. The molecule has 0 unspecified atom stereocenters. The van der Waals surface area contributed by atoms with Crippen molar-refractivity contribution in [3.63, 3.8) is 0 Å². The van der Waals surface area contributed by atoms with Crippen LogP contribution >= 0.6 is 0 Å². The highest BCUT2D eigenvalue weighted by Crippen LogP contribution is 2.23. The summed E-state index contributed by atoms with van der Waals surface area (Å²) in [4.78, 5) is 11.4. The third-order valence-corrected chi connectivity index (χ3v) is 5.95. The maximum absolute atomic E-state index is 12.9. The Bertz CT molecular complexity index is 894. The lowest BCUT2D eigenvalue weighted by atomic mass is 10.2. The monoisotopic (exact) mass is 376 g/mol. The minimum atomic E-state index is -3.69. The number of para-hydroxylation sites is 1. The van der Waals surface area contributed by atoms with Gasteiger partial charge in [-0.3, -0.25) is 4.79 Å². The quantitative estimate of drug-likeness (QED) is 0.806. The summed E-state index contributed by atoms with van der Waals surface area (Å²) in [5, 5.41) is 2.61. The maximum atomic E-state index is 12.9. The van der Waals surface area contributed by atoms with Crippen LogP contribution in [-0.4, -0.2) is 38.8 Å². The summed E-state index contributed by atoms with van der Waals surface area (Å²) in [6, 6.07) is 12.4. The van der Waals surface area contributed by atoms with Gasteiger partial charge in [0.05, 0.1) is 4.90 Å². The highest BCUT2D eigenvalue weighted by Gasteiger charge is 2.23. The second kappa shape index (κ2) is 8.33. The molecule has 0 radical (unpaired) electrons. The van der Waals surface area contributed by atoms with E-state index in [0.717, 1.165) is 11.3 Å². The van der Waals surface area contributed by atoms with Gasteiger partial charge in [0.15, 0.2) is 0 Å². The number of likely N-dealkylation sites (N-methyl/N-ethyl adjacent to an activating group) is 1. The van der Waals surface area contributed by atoms with Crippen LogP contribution in [0.15, 0.2) is 47.4 Å². The van der Waals surface area contributed by atoms with Gasteiger partial charge in [0.25, 0.3) is 0 Å². The molecule has 0 heterocycles. The second-order valence-electron chi connectivity index (χ2n) is 6.10. The fourth-order valence-corrected chi connectivity index (χ4v) is 3.85. The fourth-order valence-electron chi connectivity index (χ4n) is 2.45. The number of ether oxygens (including phenoxy) is 1. The summed E-state index contributed by atoms with van der Waals surface area (Å²) < 4.78 is 32.7. The van der Waals surface area contributed by atoms with E-state index >= 15 is 0 Å². The van der Waals surface area contributed by atoms with Crippen LogP contribution in [0.2, 0.25) is 0 Å². The minimum absolute atomic E-state index is 0.169. The van der Waals surface area contributed by atoms with Gasteiger partial charge >= 0.3 is 0 Å². The van der Waals surface area contributed by atoms with Gasteiger partial charge in [-0.15, -0.1) is 0 Å². The summed E-state index contributed by atoms with van der Waals surface area (Å²) >= 11 is 0. The number of benzene rings is 2. The van der Waals surface area contributed by atoms with E-state index in [4.69, 9.17) is 4.74 Å². The fraction of sp³-hybridized carbons (Fsp3) is 0.316. The van der Waals surface area contributed by atoms with Gasteiger partial charge in [-0.1, -0.05) is 24.3 Å². The molecule has 0 aliphatic heterocycles. The molecule has 1 amide bonds. The Morgan fingerprint density at radius 2 is 1.81 bits per heavy atom. The standard InChI is InChI=1S/C19H24N2O4S/c1-14-7-5-6-8-18(14)25-12-11-21(4)26(23,24)19-13-17(20-16(3)22)10-9-15(19)2/h5-10,13H,11-12H2,1-4H3,(H,20,22). The summed E-state index contributed by atoms with van der Waals surface area (Å²) in [7, 11) is -2.18. The number of nitrogens with one attached hydrogen (secondary N) is 1. The van der Waals surface area contributed by atoms with Crippen molar-refractivity contribution < 1.29 is 17.9 Å². The van der Waals surface area contributed by atoms with Crippen LogP contribution < -0.4 is 10.1 Å². The van der Waals surface area contributed by atoms with Crippen LogP contribution in [0.4, 0.5) is 5.69 Å². The lowest BCUT2D eigenvalue weighted by Crippen LogP contribution is -2.31. The van der Waals surface area contributed by atoms with Gasteiger partial charge in [-0.25, -0.2) is 8.42 Å². The first-order valence-corrected chi connectivity index (χ1v) is 9.69. The molecule has 26 heavy (non-hydrogen) atoms. The van der Waals surface area contributed by atoms with Gasteiger partial charge < -0.3 is 10.1 Å². The number of amides is 1. The smallest absolute Gasteiger partial charge is 0.243 e. The van der Waals surface area contributed by atoms with Gasteiger partial charge in [0.2, 0.25) is 15.9 Å². The van der Waals surface area contributed by atoms with Crippen LogP contribution in [0.25, 0.3) is 0 Å². The number of hydrogen-bond acceptors (Lipinski definition) is 4. The van der Waals surface area contributed by atoms with E-state index in [1.807, 2.05) is 31.2 Å². The molecule has 0 aliphatic carbocycles. The molecule has 0 aliphatic rings. The molecule has 0 fully saturated rings. The normalized spacial score (nSPS) is 11.4. The molecule has 7 heteroatoms. The summed E-state index contributed by atoms with van der Waals surface area (Å²) in [5.74, 6) is 0.485. The molecule has 2 aromatic carbocycles. The number of anilines is 1. The Labute approximate surface area is 154 Å². The molecule has 0 aromatic heterocycles. The van der Waals surface area contributed by atoms with Crippen LogP contribution in [0.5, 0.6) is 5.75 Å². The van der Waals surface area contributed by atoms with E-state index in [0.29, 0.717) is 11.3 Å². The average Bonchev–Trinajstić information content (AvgIpc) is 2.57. The van der Waals surface area contributed by atoms with Crippen LogP contribution in [0.3, 0.4) is 0 Å². The molecule has 6 nitrogen and oxygen atoms in total. The number of sulfonamides is 1. The zero-order valence-corrected chi connectivity index (χ0v) is 16.3. The number of aryl methyl sites for hydroxylation is 2. The molecular weight excluding hydrogens is 352 g/mol. The first kappa shape index (κ1) is 19.9. The number of carbonyl (C=O) groups is 1. The van der Waals surface area contributed by atoms with Crippen molar-refractivity contribution in [2.45, 2.75) is 25.7 Å². The van der Waals surface area contributed by atoms with E-state index in [1.54, 1.807) is 19.1 Å². The Morgan fingerprint density at radius 1 is 1.12 bits per heavy atom. The van der Waals surface area contributed by atoms with Gasteiger partial charge in [0.1, 0.15) is 12.4 Å². The topological polar surface area (TPSA) is 75.7 Å². The first-order valence-electron chi connectivity index (χ1n) is 8.25. The molecule has 2 rings (SSSR count). The van der Waals surface area contributed by atoms with Crippen LogP contribution in [0.1, 0.15) is 18.1 Å². The Balaban J connectivity index is 2.11. The van der Waals surface area contributed by atoms with Gasteiger partial charge in [0, 0.05) is 26.2 Å². The Morgan fingerprint density at radius 3 is 2.46 bits per heavy atom. The Hall–Kier alpha value is -2.38. The lowest BCUT2D eigenvalue weighted by Gasteiger charge is -2.19. The largest absolute Gasteiger partial charge is 0.492 e. The summed E-state index contributed by atoms with van der Waals surface area (Å²) in [5.41, 5.74) is 2.06. The number of carbonyl (C=O) groups excluding carboxylic acids is 1. The highest BCUT2D eigenvalue weighted by molar-refractivity contribution is 7.89. The second-order valence-corrected chi connectivity index (χ2v) is 8.12. The molecule has 0 bridgehead atoms. The van der Waals surface area contributed by atoms with E-state index in [2.05, 4.69) is 5.32 Å². The average molecular weight is 376 g/mol. The molecule has 0 saturated carbocycles. The molecule has 1 N–H and O–H groups in total. The SMILES string of the molecule is CC(=O)Nc1ccc(C)c(S(=O)(=O)N(C)CCOc2ccccc2C)c1. The minimum Gasteiger partial charge on any atom is -0.492 e. The number of rotatable bonds is 7. The van der Waals surface area contributed by atoms with E-state index in [1.165, 1.54) is 24.3 Å². The highest BCUT2D eigenvalue weighted by atomic mass is 32.2. The molecule has 0 atom stereocenters. The van der Waals surface area contributed by atoms with Crippen LogP contribution in [-0.2, 0) is 14.8 Å². The zero-order valence-electron chi connectivity index (χ0n) is 15.4. The van der Waals surface area contributed by atoms with Crippen molar-refractivity contribution in [3.05, 3.63) is 53.6 Å². The summed E-state index contributed by atoms with van der Waals surface area (Å²) in [6.07, 6.45) is 0. The van der Waals surface area contributed by atoms with Gasteiger partial charge in [-0.2, -0.15) is 4.31 Å². The van der Waals surface area contributed by atoms with E-state index in [-0.39, 0.29) is 24.0 Å². The van der Waals surface area contributed by atoms with Crippen molar-refractivity contribution in [1.82, 2.24) is 4.31 Å². The molecule has 0 saturated heterocycles. The van der Waals surface area contributed by atoms with Crippen molar-refractivity contribution in [3.8, 4) is 5.75 Å². The number of hydrogen-bond donors (Lipinski definition) is 1. The summed E-state index contributed by atoms with van der Waals surface area (Å²) in [6.45, 7) is 5.49. The molecular formula is C19H24N2O4S. The van der Waals surface area contributed by atoms with Crippen molar-refractivity contribution >= 4 is 21.6 Å². The van der Waals surface area contributed by atoms with Crippen molar-refractivity contribution in [2.75, 3.05) is 25.5 Å². The molecule has 0 spiro atoms. The maximum Gasteiger partial charge on any atom is 0.243 e. The lowest BCUT2D eigenvalue weighted by molar-refractivity contribution is -0.114. The zero-order chi connectivity index (χ0) is 19.3. The first-order chi connectivity index (χ1) is 12.2. The van der Waals surface area contributed by atoms with E-state index in [9.17, 15) is 13.2 Å². The predicted octanol–water partition coefficient (Wildman–Crippen LogP) is 2.96. The van der Waals surface area contributed by atoms with Gasteiger partial charge in [-0.05, 0) is 43.2 Å². The van der Waals surface area contributed by atoms with Crippen LogP contribution in [0, 0.1) is 13.8 Å². The number of nitrogens with zero attached hydrogens (tertiary/aromatic N) is 1.